The normalized spacial score (nSPS) is 34.3. The van der Waals surface area contributed by atoms with E-state index < -0.39 is 0 Å². The Balaban J connectivity index is 1.95. The maximum Gasteiger partial charge on any atom is 0.0753 e. The van der Waals surface area contributed by atoms with E-state index >= 15 is 0 Å². The van der Waals surface area contributed by atoms with Gasteiger partial charge in [0.2, 0.25) is 0 Å². The van der Waals surface area contributed by atoms with Gasteiger partial charge in [-0.2, -0.15) is 0 Å². The summed E-state index contributed by atoms with van der Waals surface area (Å²) >= 11 is 0. The fraction of sp³-hybridized carbons (Fsp3) is 1.00. The molecule has 0 spiro atoms. The highest BCUT2D eigenvalue weighted by molar-refractivity contribution is 4.89. The van der Waals surface area contributed by atoms with Crippen LogP contribution in [0, 0.1) is 17.8 Å². The molecule has 0 aromatic rings. The molecule has 3 unspecified atom stereocenters. The highest BCUT2D eigenvalue weighted by Crippen LogP contribution is 2.35. The predicted octanol–water partition coefficient (Wildman–Crippen LogP) is 3.15. The molecule has 21 heavy (non-hydrogen) atoms. The first kappa shape index (κ1) is 17.2. The van der Waals surface area contributed by atoms with Crippen molar-refractivity contribution in [1.29, 1.82) is 0 Å². The first-order valence-corrected chi connectivity index (χ1v) is 9.01. The van der Waals surface area contributed by atoms with Crippen LogP contribution in [-0.2, 0) is 4.74 Å². The van der Waals surface area contributed by atoms with E-state index in [1.807, 2.05) is 0 Å². The summed E-state index contributed by atoms with van der Waals surface area (Å²) in [5.74, 6) is 2.55. The summed E-state index contributed by atoms with van der Waals surface area (Å²) in [6.45, 7) is 16.9. The molecule has 2 aliphatic rings. The van der Waals surface area contributed by atoms with Crippen LogP contribution in [0.4, 0.5) is 0 Å². The zero-order valence-corrected chi connectivity index (χ0v) is 14.8. The highest BCUT2D eigenvalue weighted by atomic mass is 16.5. The molecule has 2 rings (SSSR count). The Labute approximate surface area is 131 Å². The average molecular weight is 296 g/mol. The van der Waals surface area contributed by atoms with Gasteiger partial charge in [-0.25, -0.2) is 0 Å². The van der Waals surface area contributed by atoms with Crippen molar-refractivity contribution in [2.24, 2.45) is 17.8 Å². The summed E-state index contributed by atoms with van der Waals surface area (Å²) in [6, 6.07) is 0.718. The first-order valence-electron chi connectivity index (χ1n) is 9.01. The minimum absolute atomic E-state index is 0.0258. The molecule has 0 radical (unpaired) electrons. The van der Waals surface area contributed by atoms with Crippen molar-refractivity contribution in [1.82, 2.24) is 10.2 Å². The van der Waals surface area contributed by atoms with E-state index in [0.717, 1.165) is 50.0 Å². The van der Waals surface area contributed by atoms with Crippen molar-refractivity contribution in [3.63, 3.8) is 0 Å². The number of nitrogens with zero attached hydrogens (tertiary/aromatic N) is 1. The minimum Gasteiger partial charge on any atom is -0.373 e. The third-order valence-corrected chi connectivity index (χ3v) is 5.43. The molecule has 2 fully saturated rings. The van der Waals surface area contributed by atoms with E-state index in [2.05, 4.69) is 44.8 Å². The Morgan fingerprint density at radius 2 is 2.05 bits per heavy atom. The Hall–Kier alpha value is -0.120. The van der Waals surface area contributed by atoms with Crippen LogP contribution >= 0.6 is 0 Å². The highest BCUT2D eigenvalue weighted by Gasteiger charge is 2.34. The van der Waals surface area contributed by atoms with Gasteiger partial charge in [0.25, 0.3) is 0 Å². The van der Waals surface area contributed by atoms with Crippen molar-refractivity contribution < 1.29 is 4.74 Å². The molecule has 1 aliphatic heterocycles. The molecular weight excluding hydrogens is 260 g/mol. The van der Waals surface area contributed by atoms with Crippen LogP contribution in [0.3, 0.4) is 0 Å². The second-order valence-electron chi connectivity index (χ2n) is 8.08. The number of hydrogen-bond acceptors (Lipinski definition) is 3. The predicted molar refractivity (Wildman–Crippen MR) is 89.6 cm³/mol. The van der Waals surface area contributed by atoms with E-state index in [1.165, 1.54) is 25.8 Å². The molecule has 3 nitrogen and oxygen atoms in total. The number of morpholine rings is 1. The molecule has 3 heteroatoms. The standard InChI is InChI=1S/C18H36N2O/c1-6-19-17-8-7-15(14(2)3)11-16(17)12-20-9-10-21-18(4,5)13-20/h14-17,19H,6-13H2,1-5H3. The van der Waals surface area contributed by atoms with Crippen LogP contribution in [0.25, 0.3) is 0 Å². The van der Waals surface area contributed by atoms with Crippen LogP contribution < -0.4 is 5.32 Å². The summed E-state index contributed by atoms with van der Waals surface area (Å²) < 4.78 is 5.86. The van der Waals surface area contributed by atoms with Gasteiger partial charge in [-0.15, -0.1) is 0 Å². The van der Waals surface area contributed by atoms with Crippen LogP contribution in [-0.4, -0.2) is 49.3 Å². The van der Waals surface area contributed by atoms with Crippen LogP contribution in [0.1, 0.15) is 53.9 Å². The second kappa shape index (κ2) is 7.43. The molecule has 0 aromatic carbocycles. The number of ether oxygens (including phenoxy) is 1. The van der Waals surface area contributed by atoms with Crippen molar-refractivity contribution in [3.8, 4) is 0 Å². The number of nitrogens with one attached hydrogen (secondary N) is 1. The summed E-state index contributed by atoms with van der Waals surface area (Å²) in [5, 5.41) is 3.75. The summed E-state index contributed by atoms with van der Waals surface area (Å²) in [5.41, 5.74) is 0.0258. The Kier molecular flexibility index (Phi) is 6.10. The largest absolute Gasteiger partial charge is 0.373 e. The molecule has 124 valence electrons. The lowest BCUT2D eigenvalue weighted by Gasteiger charge is -2.44. The van der Waals surface area contributed by atoms with E-state index in [0.29, 0.717) is 0 Å². The Morgan fingerprint density at radius 1 is 1.29 bits per heavy atom. The minimum atomic E-state index is 0.0258. The van der Waals surface area contributed by atoms with E-state index in [-0.39, 0.29) is 5.60 Å². The molecule has 1 aliphatic carbocycles. The Bertz CT molecular complexity index is 316. The monoisotopic (exact) mass is 296 g/mol. The van der Waals surface area contributed by atoms with Gasteiger partial charge in [-0.3, -0.25) is 4.90 Å². The topological polar surface area (TPSA) is 24.5 Å². The lowest BCUT2D eigenvalue weighted by Crippen LogP contribution is -2.53. The van der Waals surface area contributed by atoms with E-state index in [1.54, 1.807) is 0 Å². The van der Waals surface area contributed by atoms with Gasteiger partial charge >= 0.3 is 0 Å². The summed E-state index contributed by atoms with van der Waals surface area (Å²) in [7, 11) is 0. The maximum atomic E-state index is 5.86. The van der Waals surface area contributed by atoms with Crippen LogP contribution in [0.15, 0.2) is 0 Å². The molecular formula is C18H36N2O. The summed E-state index contributed by atoms with van der Waals surface area (Å²) in [4.78, 5) is 2.64. The fourth-order valence-electron chi connectivity index (χ4n) is 4.24. The third-order valence-electron chi connectivity index (χ3n) is 5.43. The maximum absolute atomic E-state index is 5.86. The van der Waals surface area contributed by atoms with E-state index in [9.17, 15) is 0 Å². The zero-order chi connectivity index (χ0) is 15.5. The molecule has 1 saturated heterocycles. The van der Waals surface area contributed by atoms with Crippen LogP contribution in [0.5, 0.6) is 0 Å². The van der Waals surface area contributed by atoms with E-state index in [4.69, 9.17) is 4.74 Å². The molecule has 1 heterocycles. The molecule has 1 N–H and O–H groups in total. The van der Waals surface area contributed by atoms with Gasteiger partial charge in [0.1, 0.15) is 0 Å². The van der Waals surface area contributed by atoms with Crippen LogP contribution in [0.2, 0.25) is 0 Å². The fourth-order valence-corrected chi connectivity index (χ4v) is 4.24. The van der Waals surface area contributed by atoms with Gasteiger partial charge < -0.3 is 10.1 Å². The van der Waals surface area contributed by atoms with Crippen molar-refractivity contribution >= 4 is 0 Å². The molecule has 0 bridgehead atoms. The summed E-state index contributed by atoms with van der Waals surface area (Å²) in [6.07, 6.45) is 4.16. The molecule has 3 atom stereocenters. The SMILES string of the molecule is CCNC1CCC(C(C)C)CC1CN1CCOC(C)(C)C1. The van der Waals surface area contributed by atoms with Gasteiger partial charge in [-0.05, 0) is 57.4 Å². The van der Waals surface area contributed by atoms with Gasteiger partial charge in [0.05, 0.1) is 12.2 Å². The molecule has 1 saturated carbocycles. The molecule has 0 amide bonds. The quantitative estimate of drug-likeness (QED) is 0.843. The van der Waals surface area contributed by atoms with Crippen molar-refractivity contribution in [2.75, 3.05) is 32.8 Å². The lowest BCUT2D eigenvalue weighted by atomic mass is 9.73. The number of hydrogen-bond donors (Lipinski definition) is 1. The second-order valence-corrected chi connectivity index (χ2v) is 8.08. The van der Waals surface area contributed by atoms with Crippen molar-refractivity contribution in [2.45, 2.75) is 65.5 Å². The Morgan fingerprint density at radius 3 is 2.67 bits per heavy atom. The average Bonchev–Trinajstić information content (AvgIpc) is 2.39. The molecule has 0 aromatic heterocycles. The van der Waals surface area contributed by atoms with Gasteiger partial charge in [0, 0.05) is 25.7 Å². The third kappa shape index (κ3) is 4.94. The zero-order valence-electron chi connectivity index (χ0n) is 14.8. The van der Waals surface area contributed by atoms with Gasteiger partial charge in [-0.1, -0.05) is 20.8 Å². The number of rotatable bonds is 5. The first-order chi connectivity index (χ1) is 9.91. The van der Waals surface area contributed by atoms with Gasteiger partial charge in [0.15, 0.2) is 0 Å². The smallest absolute Gasteiger partial charge is 0.0753 e. The van der Waals surface area contributed by atoms with Crippen molar-refractivity contribution in [3.05, 3.63) is 0 Å². The lowest BCUT2D eigenvalue weighted by molar-refractivity contribution is -0.0916.